The second-order valence-corrected chi connectivity index (χ2v) is 6.58. The number of hydrogen-bond acceptors (Lipinski definition) is 1. The molecule has 20 heavy (non-hydrogen) atoms. The maximum atomic E-state index is 3.55. The van der Waals surface area contributed by atoms with Crippen LogP contribution in [0.1, 0.15) is 42.0 Å². The van der Waals surface area contributed by atoms with E-state index in [0.717, 1.165) is 11.0 Å². The number of nitrogens with one attached hydrogen (secondary N) is 1. The topological polar surface area (TPSA) is 12.0 Å². The number of anilines is 1. The van der Waals surface area contributed by atoms with Gasteiger partial charge in [0.05, 0.1) is 0 Å². The van der Waals surface area contributed by atoms with E-state index in [0.29, 0.717) is 5.92 Å². The third-order valence-electron chi connectivity index (χ3n) is 3.61. The van der Waals surface area contributed by atoms with Gasteiger partial charge in [-0.3, -0.25) is 0 Å². The molecule has 0 spiro atoms. The molecule has 0 unspecified atom stereocenters. The van der Waals surface area contributed by atoms with Crippen LogP contribution in [0.2, 0.25) is 0 Å². The average molecular weight is 332 g/mol. The van der Waals surface area contributed by atoms with E-state index in [-0.39, 0.29) is 0 Å². The Morgan fingerprint density at radius 3 is 2.05 bits per heavy atom. The Hall–Kier alpha value is -1.28. The number of rotatable bonds is 4. The third kappa shape index (κ3) is 3.63. The van der Waals surface area contributed by atoms with Gasteiger partial charge in [-0.2, -0.15) is 0 Å². The van der Waals surface area contributed by atoms with Gasteiger partial charge in [0, 0.05) is 16.7 Å². The van der Waals surface area contributed by atoms with Gasteiger partial charge in [-0.25, -0.2) is 0 Å². The lowest BCUT2D eigenvalue weighted by molar-refractivity contribution is 0.865. The zero-order valence-electron chi connectivity index (χ0n) is 12.6. The van der Waals surface area contributed by atoms with Gasteiger partial charge in [0.15, 0.2) is 0 Å². The Morgan fingerprint density at radius 1 is 1.00 bits per heavy atom. The number of hydrogen-bond donors (Lipinski definition) is 1. The lowest BCUT2D eigenvalue weighted by Crippen LogP contribution is -2.03. The fourth-order valence-electron chi connectivity index (χ4n) is 2.40. The van der Waals surface area contributed by atoms with Gasteiger partial charge in [0.1, 0.15) is 0 Å². The van der Waals surface area contributed by atoms with Crippen molar-refractivity contribution >= 4 is 21.6 Å². The van der Waals surface area contributed by atoms with Gasteiger partial charge >= 0.3 is 0 Å². The van der Waals surface area contributed by atoms with E-state index in [9.17, 15) is 0 Å². The van der Waals surface area contributed by atoms with E-state index in [4.69, 9.17) is 0 Å². The Labute approximate surface area is 130 Å². The van der Waals surface area contributed by atoms with E-state index in [2.05, 4.69) is 85.3 Å². The van der Waals surface area contributed by atoms with E-state index < -0.39 is 0 Å². The Balaban J connectivity index is 2.09. The number of aryl methyl sites for hydroxylation is 2. The molecule has 2 rings (SSSR count). The third-order valence-corrected chi connectivity index (χ3v) is 4.07. The van der Waals surface area contributed by atoms with Crippen LogP contribution in [0.4, 0.5) is 5.69 Å². The van der Waals surface area contributed by atoms with Crippen LogP contribution in [-0.2, 0) is 6.54 Å². The van der Waals surface area contributed by atoms with Gasteiger partial charge in [-0.15, -0.1) is 0 Å². The van der Waals surface area contributed by atoms with Crippen LogP contribution in [0.3, 0.4) is 0 Å². The van der Waals surface area contributed by atoms with Crippen LogP contribution in [0.25, 0.3) is 0 Å². The first-order valence-electron chi connectivity index (χ1n) is 7.07. The van der Waals surface area contributed by atoms with Crippen molar-refractivity contribution in [3.05, 3.63) is 63.1 Å². The minimum Gasteiger partial charge on any atom is -0.381 e. The first kappa shape index (κ1) is 15.1. The molecule has 0 aliphatic rings. The summed E-state index contributed by atoms with van der Waals surface area (Å²) < 4.78 is 1.14. The van der Waals surface area contributed by atoms with E-state index >= 15 is 0 Å². The summed E-state index contributed by atoms with van der Waals surface area (Å²) in [5.74, 6) is 0.591. The summed E-state index contributed by atoms with van der Waals surface area (Å²) >= 11 is 3.54. The monoisotopic (exact) mass is 331 g/mol. The van der Waals surface area contributed by atoms with Crippen molar-refractivity contribution < 1.29 is 0 Å². The molecule has 0 aliphatic carbocycles. The largest absolute Gasteiger partial charge is 0.381 e. The number of halogens is 1. The zero-order chi connectivity index (χ0) is 14.7. The van der Waals surface area contributed by atoms with Crippen molar-refractivity contribution in [3.8, 4) is 0 Å². The molecule has 0 aliphatic heterocycles. The molecular weight excluding hydrogens is 310 g/mol. The van der Waals surface area contributed by atoms with Crippen LogP contribution in [0.15, 0.2) is 40.9 Å². The van der Waals surface area contributed by atoms with Crippen molar-refractivity contribution in [3.63, 3.8) is 0 Å². The van der Waals surface area contributed by atoms with Crippen LogP contribution in [0, 0.1) is 13.8 Å². The highest BCUT2D eigenvalue weighted by Gasteiger charge is 2.04. The molecule has 106 valence electrons. The van der Waals surface area contributed by atoms with E-state index in [1.807, 2.05) is 0 Å². The lowest BCUT2D eigenvalue weighted by Gasteiger charge is -2.14. The minimum atomic E-state index is 0.591. The molecule has 0 atom stereocenters. The van der Waals surface area contributed by atoms with E-state index in [1.54, 1.807) is 0 Å². The molecule has 0 saturated heterocycles. The molecule has 0 aromatic heterocycles. The van der Waals surface area contributed by atoms with Crippen LogP contribution in [0.5, 0.6) is 0 Å². The van der Waals surface area contributed by atoms with Crippen molar-refractivity contribution in [1.29, 1.82) is 0 Å². The normalized spacial score (nSPS) is 10.9. The Kier molecular flexibility index (Phi) is 4.87. The molecule has 0 bridgehead atoms. The second-order valence-electron chi connectivity index (χ2n) is 5.66. The molecule has 2 aromatic carbocycles. The summed E-state index contributed by atoms with van der Waals surface area (Å²) in [4.78, 5) is 0. The molecule has 0 saturated carbocycles. The predicted molar refractivity (Wildman–Crippen MR) is 91.5 cm³/mol. The van der Waals surface area contributed by atoms with Crippen molar-refractivity contribution in [2.45, 2.75) is 40.2 Å². The maximum Gasteiger partial charge on any atom is 0.0403 e. The Bertz CT molecular complexity index is 562. The SMILES string of the molecule is Cc1cc(Br)cc(C)c1NCc1ccc(C(C)C)cc1. The standard InChI is InChI=1S/C18H22BrN/c1-12(2)16-7-5-15(6-8-16)11-20-18-13(3)9-17(19)10-14(18)4/h5-10,12,20H,11H2,1-4H3. The second kappa shape index (κ2) is 6.45. The summed E-state index contributed by atoms with van der Waals surface area (Å²) in [6.45, 7) is 9.59. The lowest BCUT2D eigenvalue weighted by atomic mass is 10.0. The highest BCUT2D eigenvalue weighted by Crippen LogP contribution is 2.25. The molecule has 2 aromatic rings. The molecule has 2 heteroatoms. The smallest absolute Gasteiger partial charge is 0.0403 e. The average Bonchev–Trinajstić information content (AvgIpc) is 2.38. The molecule has 0 fully saturated rings. The quantitative estimate of drug-likeness (QED) is 0.746. The number of benzene rings is 2. The summed E-state index contributed by atoms with van der Waals surface area (Å²) in [6.07, 6.45) is 0. The highest BCUT2D eigenvalue weighted by atomic mass is 79.9. The van der Waals surface area contributed by atoms with Crippen LogP contribution in [-0.4, -0.2) is 0 Å². The molecular formula is C18H22BrN. The summed E-state index contributed by atoms with van der Waals surface area (Å²) in [5, 5.41) is 3.55. The maximum absolute atomic E-state index is 3.55. The predicted octanol–water partition coefficient (Wildman–Crippen LogP) is 5.80. The van der Waals surface area contributed by atoms with Gasteiger partial charge in [0.25, 0.3) is 0 Å². The van der Waals surface area contributed by atoms with Crippen LogP contribution >= 0.6 is 15.9 Å². The van der Waals surface area contributed by atoms with Gasteiger partial charge in [-0.05, 0) is 54.2 Å². The fraction of sp³-hybridized carbons (Fsp3) is 0.333. The molecule has 0 amide bonds. The molecule has 0 radical (unpaired) electrons. The Morgan fingerprint density at radius 2 is 1.55 bits per heavy atom. The fourth-order valence-corrected chi connectivity index (χ4v) is 3.09. The summed E-state index contributed by atoms with van der Waals surface area (Å²) in [7, 11) is 0. The first-order valence-corrected chi connectivity index (χ1v) is 7.86. The zero-order valence-corrected chi connectivity index (χ0v) is 14.2. The van der Waals surface area contributed by atoms with Gasteiger partial charge < -0.3 is 5.32 Å². The first-order chi connectivity index (χ1) is 9.47. The summed E-state index contributed by atoms with van der Waals surface area (Å²) in [5.41, 5.74) is 6.49. The molecule has 0 heterocycles. The highest BCUT2D eigenvalue weighted by molar-refractivity contribution is 9.10. The van der Waals surface area contributed by atoms with Gasteiger partial charge in [0.2, 0.25) is 0 Å². The van der Waals surface area contributed by atoms with E-state index in [1.165, 1.54) is 27.9 Å². The van der Waals surface area contributed by atoms with Crippen molar-refractivity contribution in [1.82, 2.24) is 0 Å². The molecule has 1 N–H and O–H groups in total. The molecule has 1 nitrogen and oxygen atoms in total. The summed E-state index contributed by atoms with van der Waals surface area (Å²) in [6, 6.07) is 13.2. The minimum absolute atomic E-state index is 0.591. The van der Waals surface area contributed by atoms with Crippen LogP contribution < -0.4 is 5.32 Å². The van der Waals surface area contributed by atoms with Crippen molar-refractivity contribution in [2.75, 3.05) is 5.32 Å². The van der Waals surface area contributed by atoms with Gasteiger partial charge in [-0.1, -0.05) is 54.0 Å². The van der Waals surface area contributed by atoms with Crippen molar-refractivity contribution in [2.24, 2.45) is 0 Å².